The molecule has 0 saturated carbocycles. The van der Waals surface area contributed by atoms with Crippen molar-refractivity contribution in [1.82, 2.24) is 16.0 Å². The van der Waals surface area contributed by atoms with E-state index >= 15 is 0 Å². The number of amides is 2. The van der Waals surface area contributed by atoms with E-state index in [4.69, 9.17) is 22.9 Å². The molecule has 0 aliphatic carbocycles. The summed E-state index contributed by atoms with van der Waals surface area (Å²) in [6.07, 6.45) is 6.36. The average molecular weight is 387 g/mol. The molecule has 0 bridgehead atoms. The van der Waals surface area contributed by atoms with Crippen molar-refractivity contribution in [3.63, 3.8) is 0 Å². The summed E-state index contributed by atoms with van der Waals surface area (Å²) >= 11 is 0. The van der Waals surface area contributed by atoms with Crippen LogP contribution in [0.3, 0.4) is 0 Å². The molecule has 27 heavy (non-hydrogen) atoms. The summed E-state index contributed by atoms with van der Waals surface area (Å²) in [6, 6.07) is -1.17. The third-order valence-electron chi connectivity index (χ3n) is 3.88. The minimum Gasteiger partial charge on any atom is -0.370 e. The summed E-state index contributed by atoms with van der Waals surface area (Å²) in [4.78, 5) is 27.6. The highest BCUT2D eigenvalue weighted by Gasteiger charge is 2.20. The molecule has 0 heterocycles. The highest BCUT2D eigenvalue weighted by molar-refractivity contribution is 6.04. The lowest BCUT2D eigenvalue weighted by Gasteiger charge is -2.12. The Hall–Kier alpha value is -1.91. The Balaban J connectivity index is 3.60. The van der Waals surface area contributed by atoms with Gasteiger partial charge in [0, 0.05) is 19.6 Å². The quantitative estimate of drug-likeness (QED) is 0.0657. The zero-order valence-corrected chi connectivity index (χ0v) is 16.3. The lowest BCUT2D eigenvalue weighted by molar-refractivity contribution is -0.131. The molecule has 0 fully saturated rings. The number of nitrogens with one attached hydrogen (secondary N) is 3. The van der Waals surface area contributed by atoms with Gasteiger partial charge in [-0.05, 0) is 51.7 Å². The number of carbonyl (C=O) groups excluding carboxylic acids is 2. The van der Waals surface area contributed by atoms with Crippen LogP contribution in [0.25, 0.3) is 0 Å². The number of nitrogens with zero attached hydrogens (tertiary/aromatic N) is 1. The van der Waals surface area contributed by atoms with Crippen molar-refractivity contribution in [3.05, 3.63) is 0 Å². The molecule has 0 aromatic carbocycles. The number of nitrogens with two attached hydrogens (primary N) is 4. The van der Waals surface area contributed by atoms with Crippen LogP contribution in [-0.4, -0.2) is 63.1 Å². The molecule has 1 atom stereocenters. The Morgan fingerprint density at radius 1 is 0.778 bits per heavy atom. The van der Waals surface area contributed by atoms with Crippen molar-refractivity contribution in [2.24, 2.45) is 27.9 Å². The van der Waals surface area contributed by atoms with Gasteiger partial charge in [0.05, 0.1) is 0 Å². The van der Waals surface area contributed by atoms with Crippen LogP contribution in [0.2, 0.25) is 0 Å². The first-order chi connectivity index (χ1) is 13.0. The van der Waals surface area contributed by atoms with Crippen LogP contribution in [-0.2, 0) is 9.59 Å². The smallest absolute Gasteiger partial charge is 0.246 e. The van der Waals surface area contributed by atoms with Gasteiger partial charge in [-0.2, -0.15) is 0 Å². The van der Waals surface area contributed by atoms with Gasteiger partial charge in [0.1, 0.15) is 0 Å². The van der Waals surface area contributed by atoms with Crippen molar-refractivity contribution in [3.8, 4) is 0 Å². The number of aliphatic imine (C=N–C) groups is 1. The minimum absolute atomic E-state index is 0.105. The molecular weight excluding hydrogens is 348 g/mol. The number of hydrogen-bond donors (Lipinski definition) is 7. The molecule has 0 aromatic rings. The normalized spacial score (nSPS) is 11.6. The highest BCUT2D eigenvalue weighted by Crippen LogP contribution is 1.99. The van der Waals surface area contributed by atoms with Crippen molar-refractivity contribution >= 4 is 17.8 Å². The fourth-order valence-corrected chi connectivity index (χ4v) is 2.29. The zero-order chi connectivity index (χ0) is 20.3. The first-order valence-electron chi connectivity index (χ1n) is 9.76. The molecule has 10 heteroatoms. The summed E-state index contributed by atoms with van der Waals surface area (Å²) < 4.78 is 0. The third kappa shape index (κ3) is 16.0. The summed E-state index contributed by atoms with van der Waals surface area (Å²) in [7, 11) is 0. The SMILES string of the molecule is NCCCNCCCCNC(=O)C(N)C(=O)NCCCCCCN=C(N)N. The molecular formula is C17H38N8O2. The van der Waals surface area contributed by atoms with Crippen molar-refractivity contribution in [2.75, 3.05) is 39.3 Å². The molecule has 2 amide bonds. The largest absolute Gasteiger partial charge is 0.370 e. The topological polar surface area (TPSA) is 187 Å². The van der Waals surface area contributed by atoms with Crippen molar-refractivity contribution in [1.29, 1.82) is 0 Å². The third-order valence-corrected chi connectivity index (χ3v) is 3.88. The van der Waals surface area contributed by atoms with Crippen molar-refractivity contribution in [2.45, 2.75) is 51.0 Å². The van der Waals surface area contributed by atoms with Gasteiger partial charge in [-0.1, -0.05) is 12.8 Å². The van der Waals surface area contributed by atoms with E-state index < -0.39 is 17.9 Å². The maximum atomic E-state index is 11.9. The van der Waals surface area contributed by atoms with E-state index in [2.05, 4.69) is 20.9 Å². The molecule has 0 radical (unpaired) electrons. The maximum absolute atomic E-state index is 11.9. The standard InChI is InChI=1S/C17H38N8O2/c18-8-7-10-22-9-5-6-12-24-16(27)14(19)15(26)23-11-3-1-2-4-13-25-17(20)21/h14,22H,1-13,18-19H2,(H,23,26)(H,24,27)(H4,20,21,25). The maximum Gasteiger partial charge on any atom is 0.246 e. The second-order valence-corrected chi connectivity index (χ2v) is 6.38. The monoisotopic (exact) mass is 386 g/mol. The van der Waals surface area contributed by atoms with Crippen LogP contribution in [0.4, 0.5) is 0 Å². The van der Waals surface area contributed by atoms with Gasteiger partial charge in [0.15, 0.2) is 12.0 Å². The lowest BCUT2D eigenvalue weighted by Crippen LogP contribution is -2.51. The van der Waals surface area contributed by atoms with E-state index in [9.17, 15) is 9.59 Å². The predicted molar refractivity (Wildman–Crippen MR) is 109 cm³/mol. The Bertz CT molecular complexity index is 427. The molecule has 11 N–H and O–H groups in total. The van der Waals surface area contributed by atoms with Gasteiger partial charge in [0.2, 0.25) is 11.8 Å². The van der Waals surface area contributed by atoms with Crippen LogP contribution < -0.4 is 38.9 Å². The fourth-order valence-electron chi connectivity index (χ4n) is 2.29. The summed E-state index contributed by atoms with van der Waals surface area (Å²) in [5, 5.41) is 8.65. The Morgan fingerprint density at radius 2 is 1.30 bits per heavy atom. The number of unbranched alkanes of at least 4 members (excludes halogenated alkanes) is 4. The molecule has 0 aliphatic heterocycles. The molecule has 0 aromatic heterocycles. The van der Waals surface area contributed by atoms with E-state index in [0.717, 1.165) is 58.0 Å². The first kappa shape index (κ1) is 25.1. The molecule has 0 saturated heterocycles. The van der Waals surface area contributed by atoms with Crippen molar-refractivity contribution < 1.29 is 9.59 Å². The van der Waals surface area contributed by atoms with Crippen LogP contribution in [0, 0.1) is 0 Å². The van der Waals surface area contributed by atoms with Crippen LogP contribution in [0.1, 0.15) is 44.9 Å². The molecule has 10 nitrogen and oxygen atoms in total. The molecule has 158 valence electrons. The summed E-state index contributed by atoms with van der Waals surface area (Å²) in [5.41, 5.74) is 21.6. The first-order valence-corrected chi connectivity index (χ1v) is 9.76. The Morgan fingerprint density at radius 3 is 1.89 bits per heavy atom. The van der Waals surface area contributed by atoms with Gasteiger partial charge in [-0.25, -0.2) is 0 Å². The molecule has 0 rings (SSSR count). The number of carbonyl (C=O) groups is 2. The Kier molecular flexibility index (Phi) is 16.3. The van der Waals surface area contributed by atoms with Gasteiger partial charge in [-0.3, -0.25) is 14.6 Å². The molecule has 1 unspecified atom stereocenters. The van der Waals surface area contributed by atoms with E-state index in [1.165, 1.54) is 0 Å². The van der Waals surface area contributed by atoms with Crippen LogP contribution in [0.5, 0.6) is 0 Å². The number of hydrogen-bond acceptors (Lipinski definition) is 6. The number of guanidine groups is 1. The second-order valence-electron chi connectivity index (χ2n) is 6.38. The van der Waals surface area contributed by atoms with Gasteiger partial charge in [0.25, 0.3) is 0 Å². The van der Waals surface area contributed by atoms with Gasteiger partial charge >= 0.3 is 0 Å². The summed E-state index contributed by atoms with van der Waals surface area (Å²) in [5.74, 6) is -0.786. The van der Waals surface area contributed by atoms with Gasteiger partial charge in [-0.15, -0.1) is 0 Å². The van der Waals surface area contributed by atoms with Crippen LogP contribution in [0.15, 0.2) is 4.99 Å². The number of rotatable bonds is 17. The summed E-state index contributed by atoms with van der Waals surface area (Å²) in [6.45, 7) is 4.09. The minimum atomic E-state index is -1.17. The Labute approximate surface area is 162 Å². The van der Waals surface area contributed by atoms with Crippen LogP contribution >= 0.6 is 0 Å². The lowest BCUT2D eigenvalue weighted by atomic mass is 10.2. The fraction of sp³-hybridized carbons (Fsp3) is 0.824. The zero-order valence-electron chi connectivity index (χ0n) is 16.3. The second kappa shape index (κ2) is 17.5. The van der Waals surface area contributed by atoms with E-state index in [-0.39, 0.29) is 5.96 Å². The predicted octanol–water partition coefficient (Wildman–Crippen LogP) is -1.90. The average Bonchev–Trinajstić information content (AvgIpc) is 2.64. The van der Waals surface area contributed by atoms with E-state index in [1.807, 2.05) is 0 Å². The van der Waals surface area contributed by atoms with Gasteiger partial charge < -0.3 is 38.9 Å². The van der Waals surface area contributed by atoms with E-state index in [1.54, 1.807) is 0 Å². The van der Waals surface area contributed by atoms with E-state index in [0.29, 0.717) is 26.2 Å². The highest BCUT2D eigenvalue weighted by atomic mass is 16.2. The molecule has 0 spiro atoms. The molecule has 0 aliphatic rings.